The van der Waals surface area contributed by atoms with Crippen LogP contribution in [0.5, 0.6) is 0 Å². The molecule has 3 heterocycles. The number of fused-ring (bicyclic) bond motifs is 2. The van der Waals surface area contributed by atoms with Gasteiger partial charge in [-0.15, -0.1) is 0 Å². The Morgan fingerprint density at radius 2 is 2.20 bits per heavy atom. The minimum Gasteiger partial charge on any atom is -0.457 e. The van der Waals surface area contributed by atoms with Crippen molar-refractivity contribution < 1.29 is 14.6 Å². The highest BCUT2D eigenvalue weighted by atomic mass is 16.5. The SMILES string of the molecule is N#Cc1cc(C2=NCc3cc4c(cc32)C(CCO)OC(=O)C4)ccn1. The topological polar surface area (TPSA) is 95.6 Å². The van der Waals surface area contributed by atoms with Gasteiger partial charge in [0.1, 0.15) is 17.9 Å². The minimum atomic E-state index is -0.430. The van der Waals surface area contributed by atoms with E-state index in [2.05, 4.69) is 9.98 Å². The number of cyclic esters (lactones) is 1. The highest BCUT2D eigenvalue weighted by molar-refractivity contribution is 6.15. The van der Waals surface area contributed by atoms with E-state index in [-0.39, 0.29) is 19.0 Å². The molecule has 1 aromatic heterocycles. The molecule has 124 valence electrons. The summed E-state index contributed by atoms with van der Waals surface area (Å²) in [5, 5.41) is 18.3. The van der Waals surface area contributed by atoms with Gasteiger partial charge in [0.15, 0.2) is 0 Å². The number of rotatable bonds is 3. The number of hydrogen-bond donors (Lipinski definition) is 1. The molecule has 0 bridgehead atoms. The van der Waals surface area contributed by atoms with E-state index in [9.17, 15) is 9.90 Å². The summed E-state index contributed by atoms with van der Waals surface area (Å²) in [4.78, 5) is 20.4. The van der Waals surface area contributed by atoms with Crippen molar-refractivity contribution in [2.45, 2.75) is 25.5 Å². The number of pyridine rings is 1. The number of ether oxygens (including phenoxy) is 1. The number of esters is 1. The summed E-state index contributed by atoms with van der Waals surface area (Å²) in [6.07, 6.45) is 1.79. The average molecular weight is 333 g/mol. The van der Waals surface area contributed by atoms with Crippen LogP contribution in [0.25, 0.3) is 0 Å². The number of nitrogens with zero attached hydrogens (tertiary/aromatic N) is 3. The predicted molar refractivity (Wildman–Crippen MR) is 89.0 cm³/mol. The van der Waals surface area contributed by atoms with Crippen molar-refractivity contribution in [3.8, 4) is 6.07 Å². The molecule has 6 heteroatoms. The smallest absolute Gasteiger partial charge is 0.310 e. The zero-order chi connectivity index (χ0) is 17.4. The van der Waals surface area contributed by atoms with Gasteiger partial charge in [-0.2, -0.15) is 5.26 Å². The summed E-state index contributed by atoms with van der Waals surface area (Å²) in [7, 11) is 0. The van der Waals surface area contributed by atoms with Crippen LogP contribution < -0.4 is 0 Å². The lowest BCUT2D eigenvalue weighted by molar-refractivity contribution is -0.151. The van der Waals surface area contributed by atoms with E-state index in [1.807, 2.05) is 24.3 Å². The fourth-order valence-electron chi connectivity index (χ4n) is 3.40. The van der Waals surface area contributed by atoms with Gasteiger partial charge < -0.3 is 9.84 Å². The number of benzene rings is 1. The Labute approximate surface area is 144 Å². The summed E-state index contributed by atoms with van der Waals surface area (Å²) in [5.41, 5.74) is 5.91. The molecule has 2 aliphatic rings. The maximum atomic E-state index is 11.8. The Bertz CT molecular complexity index is 943. The van der Waals surface area contributed by atoms with E-state index in [1.54, 1.807) is 12.3 Å². The molecular weight excluding hydrogens is 318 g/mol. The maximum Gasteiger partial charge on any atom is 0.310 e. The molecule has 0 amide bonds. The lowest BCUT2D eigenvalue weighted by Crippen LogP contribution is -2.23. The first-order valence-corrected chi connectivity index (χ1v) is 8.07. The Balaban J connectivity index is 1.79. The number of nitriles is 1. The highest BCUT2D eigenvalue weighted by Crippen LogP contribution is 2.35. The van der Waals surface area contributed by atoms with Crippen LogP contribution in [0.15, 0.2) is 35.5 Å². The summed E-state index contributed by atoms with van der Waals surface area (Å²) < 4.78 is 5.40. The number of carbonyl (C=O) groups is 1. The van der Waals surface area contributed by atoms with Gasteiger partial charge in [-0.25, -0.2) is 4.98 Å². The van der Waals surface area contributed by atoms with Crippen molar-refractivity contribution in [2.24, 2.45) is 4.99 Å². The number of aliphatic imine (C=N–C) groups is 1. The largest absolute Gasteiger partial charge is 0.457 e. The third kappa shape index (κ3) is 2.69. The van der Waals surface area contributed by atoms with Gasteiger partial charge in [0.25, 0.3) is 0 Å². The zero-order valence-electron chi connectivity index (χ0n) is 13.4. The number of aliphatic hydroxyl groups excluding tert-OH is 1. The second-order valence-electron chi connectivity index (χ2n) is 6.08. The van der Waals surface area contributed by atoms with Gasteiger partial charge in [0, 0.05) is 30.4 Å². The summed E-state index contributed by atoms with van der Waals surface area (Å²) in [6.45, 7) is 0.493. The second-order valence-corrected chi connectivity index (χ2v) is 6.08. The Morgan fingerprint density at radius 1 is 1.32 bits per heavy atom. The first-order chi connectivity index (χ1) is 12.2. The van der Waals surface area contributed by atoms with Gasteiger partial charge in [0.2, 0.25) is 0 Å². The Kier molecular flexibility index (Phi) is 3.79. The molecule has 0 aliphatic carbocycles. The maximum absolute atomic E-state index is 11.8. The Morgan fingerprint density at radius 3 is 3.00 bits per heavy atom. The lowest BCUT2D eigenvalue weighted by Gasteiger charge is -2.26. The van der Waals surface area contributed by atoms with Crippen LogP contribution in [0, 0.1) is 11.3 Å². The van der Waals surface area contributed by atoms with Crippen molar-refractivity contribution in [1.29, 1.82) is 5.26 Å². The molecule has 1 atom stereocenters. The fraction of sp³-hybridized carbons (Fsp3) is 0.263. The van der Waals surface area contributed by atoms with E-state index in [4.69, 9.17) is 10.00 Å². The molecule has 2 aliphatic heterocycles. The van der Waals surface area contributed by atoms with E-state index < -0.39 is 6.10 Å². The molecule has 0 spiro atoms. The fourth-order valence-corrected chi connectivity index (χ4v) is 3.40. The molecule has 1 unspecified atom stereocenters. The summed E-state index contributed by atoms with van der Waals surface area (Å²) in [5.74, 6) is -0.266. The first kappa shape index (κ1) is 15.5. The third-order valence-corrected chi connectivity index (χ3v) is 4.52. The number of aliphatic hydroxyl groups is 1. The van der Waals surface area contributed by atoms with Crippen LogP contribution in [0.1, 0.15) is 46.0 Å². The standard InChI is InChI=1S/C19H15N3O3/c20-9-14-6-11(1-3-21-14)19-16-8-15-12(5-13(16)10-22-19)7-18(24)25-17(15)2-4-23/h1,3,5-6,8,17,23H,2,4,7,10H2. The first-order valence-electron chi connectivity index (χ1n) is 8.07. The van der Waals surface area contributed by atoms with Crippen molar-refractivity contribution in [1.82, 2.24) is 4.98 Å². The zero-order valence-corrected chi connectivity index (χ0v) is 13.4. The van der Waals surface area contributed by atoms with Gasteiger partial charge in [-0.05, 0) is 34.9 Å². The van der Waals surface area contributed by atoms with Crippen LogP contribution in [0.3, 0.4) is 0 Å². The molecule has 0 saturated heterocycles. The Hall–Kier alpha value is -3.04. The monoisotopic (exact) mass is 333 g/mol. The van der Waals surface area contributed by atoms with Gasteiger partial charge in [-0.3, -0.25) is 9.79 Å². The molecular formula is C19H15N3O3. The number of aromatic nitrogens is 1. The van der Waals surface area contributed by atoms with Crippen LogP contribution in [-0.4, -0.2) is 28.4 Å². The molecule has 0 fully saturated rings. The summed E-state index contributed by atoms with van der Waals surface area (Å²) >= 11 is 0. The molecule has 1 aromatic carbocycles. The van der Waals surface area contributed by atoms with E-state index in [0.717, 1.165) is 33.5 Å². The molecule has 2 aromatic rings. The average Bonchev–Trinajstić information content (AvgIpc) is 3.03. The molecule has 1 N–H and O–H groups in total. The molecule has 0 radical (unpaired) electrons. The highest BCUT2D eigenvalue weighted by Gasteiger charge is 2.29. The van der Waals surface area contributed by atoms with Crippen LogP contribution >= 0.6 is 0 Å². The molecule has 4 rings (SSSR count). The van der Waals surface area contributed by atoms with Crippen molar-refractivity contribution >= 4 is 11.7 Å². The van der Waals surface area contributed by atoms with Crippen molar-refractivity contribution in [3.05, 3.63) is 64.0 Å². The van der Waals surface area contributed by atoms with Crippen LogP contribution in [0.2, 0.25) is 0 Å². The predicted octanol–water partition coefficient (Wildman–Crippen LogP) is 1.83. The third-order valence-electron chi connectivity index (χ3n) is 4.52. The van der Waals surface area contributed by atoms with E-state index in [1.165, 1.54) is 0 Å². The van der Waals surface area contributed by atoms with E-state index >= 15 is 0 Å². The molecule has 25 heavy (non-hydrogen) atoms. The van der Waals surface area contributed by atoms with Crippen molar-refractivity contribution in [2.75, 3.05) is 6.61 Å². The van der Waals surface area contributed by atoms with Crippen LogP contribution in [0.4, 0.5) is 0 Å². The van der Waals surface area contributed by atoms with Crippen molar-refractivity contribution in [3.63, 3.8) is 0 Å². The summed E-state index contributed by atoms with van der Waals surface area (Å²) in [6, 6.07) is 9.62. The molecule has 0 saturated carbocycles. The number of carbonyl (C=O) groups excluding carboxylic acids is 1. The van der Waals surface area contributed by atoms with E-state index in [0.29, 0.717) is 18.7 Å². The lowest BCUT2D eigenvalue weighted by atomic mass is 9.89. The quantitative estimate of drug-likeness (QED) is 0.865. The normalized spacial score (nSPS) is 18.0. The van der Waals surface area contributed by atoms with Gasteiger partial charge in [-0.1, -0.05) is 6.07 Å². The van der Waals surface area contributed by atoms with Gasteiger partial charge in [0.05, 0.1) is 18.7 Å². The minimum absolute atomic E-state index is 0.0503. The molecule has 6 nitrogen and oxygen atoms in total. The second kappa shape index (κ2) is 6.11. The van der Waals surface area contributed by atoms with Gasteiger partial charge >= 0.3 is 5.97 Å². The van der Waals surface area contributed by atoms with Crippen LogP contribution in [-0.2, 0) is 22.5 Å². The number of hydrogen-bond acceptors (Lipinski definition) is 6.